The molecule has 1 aliphatic heterocycles. The monoisotopic (exact) mass is 297 g/mol. The highest BCUT2D eigenvalue weighted by Gasteiger charge is 2.23. The molecule has 0 fully saturated rings. The minimum atomic E-state index is -0.809. The van der Waals surface area contributed by atoms with Crippen LogP contribution in [-0.4, -0.2) is 48.9 Å². The number of aliphatic hydroxyl groups is 1. The summed E-state index contributed by atoms with van der Waals surface area (Å²) in [5, 5.41) is 26.0. The Morgan fingerprint density at radius 2 is 2.38 bits per heavy atom. The molecule has 9 nitrogen and oxygen atoms in total. The van der Waals surface area contributed by atoms with Crippen molar-refractivity contribution >= 4 is 23.0 Å². The SMILES string of the molecule is COCC(O)CNc1cc2c(cc1[N+](=O)[O-])OCC(=O)N2. The lowest BCUT2D eigenvalue weighted by Gasteiger charge is -2.19. The predicted molar refractivity (Wildman–Crippen MR) is 73.6 cm³/mol. The van der Waals surface area contributed by atoms with Gasteiger partial charge in [0.2, 0.25) is 0 Å². The van der Waals surface area contributed by atoms with E-state index in [9.17, 15) is 20.0 Å². The third-order valence-electron chi connectivity index (χ3n) is 2.81. The number of carbonyl (C=O) groups is 1. The predicted octanol–water partition coefficient (Wildman–Crippen LogP) is 0.345. The van der Waals surface area contributed by atoms with Crippen molar-refractivity contribution in [1.29, 1.82) is 0 Å². The molecule has 0 aromatic heterocycles. The zero-order valence-electron chi connectivity index (χ0n) is 11.3. The van der Waals surface area contributed by atoms with E-state index in [1.165, 1.54) is 19.2 Å². The molecule has 0 radical (unpaired) electrons. The average molecular weight is 297 g/mol. The third kappa shape index (κ3) is 3.58. The molecule has 0 saturated carbocycles. The first-order valence-electron chi connectivity index (χ1n) is 6.17. The first-order valence-corrected chi connectivity index (χ1v) is 6.17. The van der Waals surface area contributed by atoms with Crippen molar-refractivity contribution < 1.29 is 24.3 Å². The number of nitro benzene ring substituents is 1. The molecule has 0 bridgehead atoms. The highest BCUT2D eigenvalue weighted by Crippen LogP contribution is 2.37. The summed E-state index contributed by atoms with van der Waals surface area (Å²) >= 11 is 0. The van der Waals surface area contributed by atoms with Crippen LogP contribution in [0.25, 0.3) is 0 Å². The largest absolute Gasteiger partial charge is 0.481 e. The Balaban J connectivity index is 2.23. The average Bonchev–Trinajstić information content (AvgIpc) is 2.44. The maximum Gasteiger partial charge on any atom is 0.296 e. The standard InChI is InChI=1S/C12H15N3O6/c1-20-5-7(16)4-13-8-2-9-11(3-10(8)15(18)19)21-6-12(17)14-9/h2-3,7,13,16H,4-6H2,1H3,(H,14,17). The summed E-state index contributed by atoms with van der Waals surface area (Å²) in [6.45, 7) is -0.00264. The number of hydrogen-bond acceptors (Lipinski definition) is 7. The fourth-order valence-electron chi connectivity index (χ4n) is 1.89. The number of ether oxygens (including phenoxy) is 2. The molecule has 0 aliphatic carbocycles. The number of anilines is 2. The van der Waals surface area contributed by atoms with E-state index < -0.39 is 11.0 Å². The second kappa shape index (κ2) is 6.37. The number of rotatable bonds is 6. The van der Waals surface area contributed by atoms with Gasteiger partial charge in [-0.2, -0.15) is 0 Å². The van der Waals surface area contributed by atoms with E-state index in [0.29, 0.717) is 5.69 Å². The van der Waals surface area contributed by atoms with Gasteiger partial charge in [0.15, 0.2) is 12.4 Å². The van der Waals surface area contributed by atoms with E-state index in [1.807, 2.05) is 0 Å². The van der Waals surface area contributed by atoms with Crippen LogP contribution in [0.1, 0.15) is 0 Å². The number of carbonyl (C=O) groups excluding carboxylic acids is 1. The van der Waals surface area contributed by atoms with Gasteiger partial charge in [-0.15, -0.1) is 0 Å². The molecule has 1 amide bonds. The lowest BCUT2D eigenvalue weighted by molar-refractivity contribution is -0.384. The molecule has 9 heteroatoms. The zero-order valence-corrected chi connectivity index (χ0v) is 11.3. The number of aliphatic hydroxyl groups excluding tert-OH is 1. The molecule has 1 aromatic rings. The molecule has 114 valence electrons. The Morgan fingerprint density at radius 1 is 1.62 bits per heavy atom. The van der Waals surface area contributed by atoms with Crippen LogP contribution in [0.3, 0.4) is 0 Å². The zero-order chi connectivity index (χ0) is 15.4. The Morgan fingerprint density at radius 3 is 3.05 bits per heavy atom. The highest BCUT2D eigenvalue weighted by atomic mass is 16.6. The van der Waals surface area contributed by atoms with Gasteiger partial charge in [-0.25, -0.2) is 0 Å². The van der Waals surface area contributed by atoms with Crippen LogP contribution in [0, 0.1) is 10.1 Å². The molecule has 1 aromatic carbocycles. The summed E-state index contributed by atoms with van der Waals surface area (Å²) in [4.78, 5) is 21.8. The van der Waals surface area contributed by atoms with Crippen LogP contribution in [0.5, 0.6) is 5.75 Å². The summed E-state index contributed by atoms with van der Waals surface area (Å²) in [6.07, 6.45) is -0.809. The minimum absolute atomic E-state index is 0.0717. The van der Waals surface area contributed by atoms with E-state index >= 15 is 0 Å². The van der Waals surface area contributed by atoms with Gasteiger partial charge < -0.3 is 25.2 Å². The molecule has 3 N–H and O–H groups in total. The first kappa shape index (κ1) is 15.0. The number of fused-ring (bicyclic) bond motifs is 1. The summed E-state index contributed by atoms with van der Waals surface area (Å²) in [5.74, 6) is -0.0917. The van der Waals surface area contributed by atoms with Crippen molar-refractivity contribution in [3.8, 4) is 5.75 Å². The van der Waals surface area contributed by atoms with Gasteiger partial charge in [-0.1, -0.05) is 0 Å². The summed E-state index contributed by atoms with van der Waals surface area (Å²) in [7, 11) is 1.44. The second-order valence-electron chi connectivity index (χ2n) is 4.45. The Labute approximate surface area is 120 Å². The maximum absolute atomic E-state index is 11.3. The maximum atomic E-state index is 11.3. The van der Waals surface area contributed by atoms with E-state index in [4.69, 9.17) is 9.47 Å². The van der Waals surface area contributed by atoms with Gasteiger partial charge in [-0.05, 0) is 6.07 Å². The molecule has 2 rings (SSSR count). The van der Waals surface area contributed by atoms with Crippen LogP contribution in [0.2, 0.25) is 0 Å². The topological polar surface area (TPSA) is 123 Å². The van der Waals surface area contributed by atoms with Gasteiger partial charge in [0, 0.05) is 13.7 Å². The van der Waals surface area contributed by atoms with Crippen molar-refractivity contribution in [2.24, 2.45) is 0 Å². The van der Waals surface area contributed by atoms with E-state index in [2.05, 4.69) is 10.6 Å². The molecular weight excluding hydrogens is 282 g/mol. The van der Waals surface area contributed by atoms with Gasteiger partial charge >= 0.3 is 0 Å². The molecule has 1 unspecified atom stereocenters. The second-order valence-corrected chi connectivity index (χ2v) is 4.45. The summed E-state index contributed by atoms with van der Waals surface area (Å²) in [6, 6.07) is 2.64. The van der Waals surface area contributed by atoms with Crippen molar-refractivity contribution in [2.45, 2.75) is 6.10 Å². The minimum Gasteiger partial charge on any atom is -0.481 e. The molecule has 21 heavy (non-hydrogen) atoms. The molecule has 1 heterocycles. The first-order chi connectivity index (χ1) is 10.0. The van der Waals surface area contributed by atoms with Gasteiger partial charge in [-0.3, -0.25) is 14.9 Å². The van der Waals surface area contributed by atoms with Crippen molar-refractivity contribution in [2.75, 3.05) is 37.5 Å². The Hall–Kier alpha value is -2.39. The quantitative estimate of drug-likeness (QED) is 0.511. The van der Waals surface area contributed by atoms with E-state index in [0.717, 1.165) is 0 Å². The van der Waals surface area contributed by atoms with Gasteiger partial charge in [0.25, 0.3) is 11.6 Å². The molecule has 0 spiro atoms. The number of amides is 1. The lowest BCUT2D eigenvalue weighted by Crippen LogP contribution is -2.26. The third-order valence-corrected chi connectivity index (χ3v) is 2.81. The number of benzene rings is 1. The van der Waals surface area contributed by atoms with Crippen LogP contribution in [0.15, 0.2) is 12.1 Å². The van der Waals surface area contributed by atoms with E-state index in [1.54, 1.807) is 0 Å². The van der Waals surface area contributed by atoms with Crippen molar-refractivity contribution in [3.63, 3.8) is 0 Å². The molecule has 0 saturated heterocycles. The Bertz CT molecular complexity index is 562. The van der Waals surface area contributed by atoms with Crippen LogP contribution >= 0.6 is 0 Å². The number of nitrogens with zero attached hydrogens (tertiary/aromatic N) is 1. The fourth-order valence-corrected chi connectivity index (χ4v) is 1.89. The summed E-state index contributed by atoms with van der Waals surface area (Å²) in [5.41, 5.74) is 0.329. The number of nitro groups is 1. The number of methoxy groups -OCH3 is 1. The number of nitrogens with one attached hydrogen (secondary N) is 2. The normalized spacial score (nSPS) is 14.7. The fraction of sp³-hybridized carbons (Fsp3) is 0.417. The lowest BCUT2D eigenvalue weighted by atomic mass is 10.2. The molecular formula is C12H15N3O6. The Kier molecular flexibility index (Phi) is 4.55. The van der Waals surface area contributed by atoms with Gasteiger partial charge in [0.1, 0.15) is 5.69 Å². The van der Waals surface area contributed by atoms with Crippen LogP contribution in [-0.2, 0) is 9.53 Å². The van der Waals surface area contributed by atoms with Crippen LogP contribution in [0.4, 0.5) is 17.1 Å². The summed E-state index contributed by atoms with van der Waals surface area (Å²) < 4.78 is 9.91. The van der Waals surface area contributed by atoms with Crippen LogP contribution < -0.4 is 15.4 Å². The van der Waals surface area contributed by atoms with Crippen molar-refractivity contribution in [1.82, 2.24) is 0 Å². The number of hydrogen-bond donors (Lipinski definition) is 3. The molecule has 1 atom stereocenters. The molecule has 1 aliphatic rings. The van der Waals surface area contributed by atoms with Gasteiger partial charge in [0.05, 0.1) is 29.4 Å². The van der Waals surface area contributed by atoms with Crippen molar-refractivity contribution in [3.05, 3.63) is 22.2 Å². The highest BCUT2D eigenvalue weighted by molar-refractivity contribution is 5.96. The van der Waals surface area contributed by atoms with E-state index in [-0.39, 0.29) is 42.8 Å². The smallest absolute Gasteiger partial charge is 0.296 e.